The third kappa shape index (κ3) is 2.04. The van der Waals surface area contributed by atoms with E-state index in [-0.39, 0.29) is 18.2 Å². The van der Waals surface area contributed by atoms with E-state index in [2.05, 4.69) is 4.98 Å². The molecule has 0 saturated carbocycles. The maximum Gasteiger partial charge on any atom is 0.257 e. The molecule has 1 atom stereocenters. The van der Waals surface area contributed by atoms with Gasteiger partial charge in [-0.15, -0.1) is 0 Å². The first kappa shape index (κ1) is 13.7. The lowest BCUT2D eigenvalue weighted by molar-refractivity contribution is -0.122. The molecule has 4 rings (SSSR count). The predicted molar refractivity (Wildman–Crippen MR) is 87.1 cm³/mol. The average molecular weight is 305 g/mol. The quantitative estimate of drug-likeness (QED) is 0.684. The Bertz CT molecular complexity index is 914. The predicted octanol–water partition coefficient (Wildman–Crippen LogP) is 2.85. The van der Waals surface area contributed by atoms with Crippen molar-refractivity contribution in [3.8, 4) is 0 Å². The van der Waals surface area contributed by atoms with Gasteiger partial charge < -0.3 is 4.57 Å². The van der Waals surface area contributed by atoms with Crippen molar-refractivity contribution in [1.29, 1.82) is 0 Å². The standard InChI is InChI=1S/C18H15N3O2/c1-12-19-14-9-5-6-10-15(14)20(12)16-11-17(22)21(18(16)23)13-7-3-2-4-8-13/h2-10,16H,11H2,1H3. The van der Waals surface area contributed by atoms with E-state index in [0.29, 0.717) is 5.69 Å². The van der Waals surface area contributed by atoms with Crippen LogP contribution in [-0.4, -0.2) is 21.4 Å². The molecule has 5 heteroatoms. The number of nitrogens with zero attached hydrogens (tertiary/aromatic N) is 3. The molecule has 114 valence electrons. The zero-order valence-electron chi connectivity index (χ0n) is 12.6. The summed E-state index contributed by atoms with van der Waals surface area (Å²) in [7, 11) is 0. The van der Waals surface area contributed by atoms with Gasteiger partial charge in [0.25, 0.3) is 5.91 Å². The second-order valence-corrected chi connectivity index (χ2v) is 5.64. The van der Waals surface area contributed by atoms with Crippen molar-refractivity contribution in [2.45, 2.75) is 19.4 Å². The van der Waals surface area contributed by atoms with E-state index in [1.54, 1.807) is 12.1 Å². The van der Waals surface area contributed by atoms with Crippen LogP contribution >= 0.6 is 0 Å². The molecule has 1 aliphatic rings. The maximum absolute atomic E-state index is 12.9. The van der Waals surface area contributed by atoms with Gasteiger partial charge in [0.1, 0.15) is 11.9 Å². The number of imide groups is 1. The molecule has 2 heterocycles. The van der Waals surface area contributed by atoms with Gasteiger partial charge in [-0.3, -0.25) is 9.59 Å². The first-order valence-corrected chi connectivity index (χ1v) is 7.52. The third-order valence-corrected chi connectivity index (χ3v) is 4.22. The molecule has 1 aliphatic heterocycles. The van der Waals surface area contributed by atoms with Gasteiger partial charge in [-0.25, -0.2) is 9.88 Å². The number of aryl methyl sites for hydroxylation is 1. The fraction of sp³-hybridized carbons (Fsp3) is 0.167. The van der Waals surface area contributed by atoms with Gasteiger partial charge in [0.05, 0.1) is 23.1 Å². The number of benzene rings is 2. The summed E-state index contributed by atoms with van der Waals surface area (Å²) in [5, 5.41) is 0. The monoisotopic (exact) mass is 305 g/mol. The molecule has 0 aliphatic carbocycles. The zero-order valence-corrected chi connectivity index (χ0v) is 12.6. The highest BCUT2D eigenvalue weighted by Crippen LogP contribution is 2.32. The molecular formula is C18H15N3O2. The van der Waals surface area contributed by atoms with Crippen LogP contribution in [0.3, 0.4) is 0 Å². The molecule has 0 bridgehead atoms. The van der Waals surface area contributed by atoms with Crippen molar-refractivity contribution >= 4 is 28.5 Å². The number of carbonyl (C=O) groups excluding carboxylic acids is 2. The Kier molecular flexibility index (Phi) is 3.01. The van der Waals surface area contributed by atoms with E-state index in [4.69, 9.17) is 0 Å². The Balaban J connectivity index is 1.80. The second kappa shape index (κ2) is 5.05. The van der Waals surface area contributed by atoms with Crippen LogP contribution in [0.5, 0.6) is 0 Å². The third-order valence-electron chi connectivity index (χ3n) is 4.22. The summed E-state index contributed by atoms with van der Waals surface area (Å²) in [5.41, 5.74) is 2.33. The Morgan fingerprint density at radius 3 is 2.48 bits per heavy atom. The van der Waals surface area contributed by atoms with Crippen molar-refractivity contribution in [2.75, 3.05) is 4.90 Å². The summed E-state index contributed by atoms with van der Waals surface area (Å²) in [6.07, 6.45) is 0.162. The zero-order chi connectivity index (χ0) is 16.0. The molecule has 2 amide bonds. The van der Waals surface area contributed by atoms with Crippen molar-refractivity contribution in [3.63, 3.8) is 0 Å². The van der Waals surface area contributed by atoms with Gasteiger partial charge in [-0.05, 0) is 31.2 Å². The number of aromatic nitrogens is 2. The number of hydrogen-bond donors (Lipinski definition) is 0. The lowest BCUT2D eigenvalue weighted by atomic mass is 10.2. The first-order valence-electron chi connectivity index (χ1n) is 7.52. The minimum absolute atomic E-state index is 0.162. The highest BCUT2D eigenvalue weighted by atomic mass is 16.2. The summed E-state index contributed by atoms with van der Waals surface area (Å²) < 4.78 is 1.87. The van der Waals surface area contributed by atoms with E-state index in [1.165, 1.54) is 4.90 Å². The van der Waals surface area contributed by atoms with Gasteiger partial charge in [0.2, 0.25) is 5.91 Å². The molecule has 0 spiro atoms. The van der Waals surface area contributed by atoms with E-state index < -0.39 is 6.04 Å². The number of fused-ring (bicyclic) bond motifs is 1. The summed E-state index contributed by atoms with van der Waals surface area (Å²) in [4.78, 5) is 31.0. The van der Waals surface area contributed by atoms with Gasteiger partial charge in [0, 0.05) is 0 Å². The first-order chi connectivity index (χ1) is 11.2. The molecule has 23 heavy (non-hydrogen) atoms. The summed E-state index contributed by atoms with van der Waals surface area (Å²) in [6, 6.07) is 16.2. The lowest BCUT2D eigenvalue weighted by Crippen LogP contribution is -2.31. The van der Waals surface area contributed by atoms with Crippen LogP contribution in [0.15, 0.2) is 54.6 Å². The largest absolute Gasteiger partial charge is 0.315 e. The maximum atomic E-state index is 12.9. The summed E-state index contributed by atoms with van der Waals surface area (Å²) in [5.74, 6) is 0.364. The highest BCUT2D eigenvalue weighted by molar-refractivity contribution is 6.21. The molecule has 1 fully saturated rings. The van der Waals surface area contributed by atoms with Crippen LogP contribution in [0.2, 0.25) is 0 Å². The van der Waals surface area contributed by atoms with Gasteiger partial charge in [-0.1, -0.05) is 30.3 Å². The molecular weight excluding hydrogens is 290 g/mol. The van der Waals surface area contributed by atoms with Crippen LogP contribution in [0.1, 0.15) is 18.3 Å². The molecule has 1 saturated heterocycles. The lowest BCUT2D eigenvalue weighted by Gasteiger charge is -2.16. The second-order valence-electron chi connectivity index (χ2n) is 5.64. The number of hydrogen-bond acceptors (Lipinski definition) is 3. The smallest absolute Gasteiger partial charge is 0.257 e. The van der Waals surface area contributed by atoms with Gasteiger partial charge in [-0.2, -0.15) is 0 Å². The fourth-order valence-corrected chi connectivity index (χ4v) is 3.22. The SMILES string of the molecule is Cc1nc2ccccc2n1C1CC(=O)N(c2ccccc2)C1=O. The molecule has 0 radical (unpaired) electrons. The van der Waals surface area contributed by atoms with Crippen LogP contribution in [0.4, 0.5) is 5.69 Å². The number of para-hydroxylation sites is 3. The van der Waals surface area contributed by atoms with Gasteiger partial charge in [0.15, 0.2) is 0 Å². The number of carbonyl (C=O) groups is 2. The van der Waals surface area contributed by atoms with Crippen LogP contribution in [0, 0.1) is 6.92 Å². The van der Waals surface area contributed by atoms with Crippen molar-refractivity contribution < 1.29 is 9.59 Å². The normalized spacial score (nSPS) is 18.1. The van der Waals surface area contributed by atoms with Gasteiger partial charge >= 0.3 is 0 Å². The van der Waals surface area contributed by atoms with Crippen molar-refractivity contribution in [3.05, 3.63) is 60.4 Å². The van der Waals surface area contributed by atoms with Crippen LogP contribution < -0.4 is 4.90 Å². The molecule has 2 aromatic carbocycles. The Morgan fingerprint density at radius 1 is 1.00 bits per heavy atom. The fourth-order valence-electron chi connectivity index (χ4n) is 3.22. The van der Waals surface area contributed by atoms with Crippen molar-refractivity contribution in [2.24, 2.45) is 0 Å². The molecule has 1 unspecified atom stereocenters. The highest BCUT2D eigenvalue weighted by Gasteiger charge is 2.41. The molecule has 0 N–H and O–H groups in total. The van der Waals surface area contributed by atoms with Crippen molar-refractivity contribution in [1.82, 2.24) is 9.55 Å². The van der Waals surface area contributed by atoms with E-state index >= 15 is 0 Å². The summed E-state index contributed by atoms with van der Waals surface area (Å²) in [6.45, 7) is 1.86. The number of rotatable bonds is 2. The average Bonchev–Trinajstić information content (AvgIpc) is 3.03. The Morgan fingerprint density at radius 2 is 1.70 bits per heavy atom. The topological polar surface area (TPSA) is 55.2 Å². The molecule has 1 aromatic heterocycles. The number of imidazole rings is 1. The van der Waals surface area contributed by atoms with E-state index in [1.807, 2.05) is 54.0 Å². The number of anilines is 1. The minimum atomic E-state index is -0.532. The van der Waals surface area contributed by atoms with Crippen LogP contribution in [0.25, 0.3) is 11.0 Å². The van der Waals surface area contributed by atoms with E-state index in [9.17, 15) is 9.59 Å². The molecule has 3 aromatic rings. The van der Waals surface area contributed by atoms with E-state index in [0.717, 1.165) is 16.9 Å². The summed E-state index contributed by atoms with van der Waals surface area (Å²) >= 11 is 0. The Hall–Kier alpha value is -2.95. The number of amides is 2. The molecule has 5 nitrogen and oxygen atoms in total. The Labute approximate surface area is 133 Å². The van der Waals surface area contributed by atoms with Crippen LogP contribution in [-0.2, 0) is 9.59 Å². The minimum Gasteiger partial charge on any atom is -0.315 e.